The second-order valence-corrected chi connectivity index (χ2v) is 10.2. The minimum atomic E-state index is -1.22. The highest BCUT2D eigenvalue weighted by molar-refractivity contribution is 7.91. The maximum absolute atomic E-state index is 12.2. The van der Waals surface area contributed by atoms with Crippen molar-refractivity contribution in [3.8, 4) is 22.8 Å². The van der Waals surface area contributed by atoms with Gasteiger partial charge in [-0.1, -0.05) is 29.8 Å². The quantitative estimate of drug-likeness (QED) is 0.116. The Morgan fingerprint density at radius 2 is 1.63 bits per heavy atom. The van der Waals surface area contributed by atoms with Crippen LogP contribution in [0.25, 0.3) is 28.0 Å². The van der Waals surface area contributed by atoms with Crippen molar-refractivity contribution in [2.45, 2.75) is 4.90 Å². The molecule has 1 unspecified atom stereocenters. The van der Waals surface area contributed by atoms with Crippen LogP contribution in [0.2, 0.25) is 5.02 Å². The third-order valence-electron chi connectivity index (χ3n) is 5.90. The number of rotatable bonds is 6. The zero-order valence-electron chi connectivity index (χ0n) is 22.1. The Balaban J connectivity index is 0.000000296. The second-order valence-electron chi connectivity index (χ2n) is 8.43. The average Bonchev–Trinajstić information content (AvgIpc) is 3.40. The molecule has 0 spiro atoms. The number of carbonyl (C=O) groups is 2. The number of methoxy groups -OCH3 is 2. The summed E-state index contributed by atoms with van der Waals surface area (Å²) in [6.07, 6.45) is 6.79. The number of halogens is 1. The number of esters is 1. The molecule has 1 atom stereocenters. The van der Waals surface area contributed by atoms with Crippen molar-refractivity contribution in [1.82, 2.24) is 14.5 Å². The predicted octanol–water partition coefficient (Wildman–Crippen LogP) is 5.59. The van der Waals surface area contributed by atoms with Crippen LogP contribution in [0.4, 0.5) is 0 Å². The van der Waals surface area contributed by atoms with E-state index < -0.39 is 23.1 Å². The van der Waals surface area contributed by atoms with Crippen LogP contribution in [0.5, 0.6) is 5.75 Å². The lowest BCUT2D eigenvalue weighted by molar-refractivity contribution is -0.182. The zero-order chi connectivity index (χ0) is 29.5. The van der Waals surface area contributed by atoms with Gasteiger partial charge in [0.1, 0.15) is 12.0 Å². The Bertz CT molecular complexity index is 1690. The number of aromatic nitrogens is 3. The summed E-state index contributed by atoms with van der Waals surface area (Å²) in [4.78, 5) is 35.7. The van der Waals surface area contributed by atoms with Crippen LogP contribution in [-0.2, 0) is 20.8 Å². The monoisotopic (exact) mass is 593 g/mol. The number of hydrogen-bond donors (Lipinski definition) is 1. The molecule has 0 aliphatic carbocycles. The van der Waals surface area contributed by atoms with Crippen LogP contribution in [0, 0.1) is 0 Å². The van der Waals surface area contributed by atoms with Gasteiger partial charge in [0.15, 0.2) is 4.90 Å². The molecule has 1 N–H and O–H groups in total. The van der Waals surface area contributed by atoms with Crippen molar-refractivity contribution >= 4 is 45.6 Å². The van der Waals surface area contributed by atoms with Crippen molar-refractivity contribution in [3.63, 3.8) is 0 Å². The van der Waals surface area contributed by atoms with E-state index in [1.165, 1.54) is 19.2 Å². The summed E-state index contributed by atoms with van der Waals surface area (Å²) in [5.41, 5.74) is 3.06. The van der Waals surface area contributed by atoms with E-state index in [9.17, 15) is 14.1 Å². The van der Waals surface area contributed by atoms with E-state index in [2.05, 4.69) is 14.9 Å². The molecule has 41 heavy (non-hydrogen) atoms. The number of benzene rings is 3. The van der Waals surface area contributed by atoms with Crippen molar-refractivity contribution in [3.05, 3.63) is 101 Å². The van der Waals surface area contributed by atoms with Crippen molar-refractivity contribution < 1.29 is 33.8 Å². The first-order chi connectivity index (χ1) is 19.7. The summed E-state index contributed by atoms with van der Waals surface area (Å²) < 4.78 is 24.1. The van der Waals surface area contributed by atoms with Crippen LogP contribution >= 0.6 is 11.6 Å². The fourth-order valence-electron chi connectivity index (χ4n) is 3.90. The highest BCUT2D eigenvalue weighted by Crippen LogP contribution is 2.29. The molecule has 0 aliphatic rings. The van der Waals surface area contributed by atoms with E-state index in [0.717, 1.165) is 22.3 Å². The molecule has 0 amide bonds. The van der Waals surface area contributed by atoms with Crippen LogP contribution in [-0.4, -0.2) is 56.8 Å². The zero-order valence-corrected chi connectivity index (χ0v) is 23.7. The van der Waals surface area contributed by atoms with E-state index in [1.807, 2.05) is 24.3 Å². The second kappa shape index (κ2) is 13.3. The third kappa shape index (κ3) is 6.84. The molecule has 5 aromatic rings. The molecule has 0 saturated carbocycles. The molecule has 5 rings (SSSR count). The maximum Gasteiger partial charge on any atom is 0.372 e. The van der Waals surface area contributed by atoms with Gasteiger partial charge in [0.25, 0.3) is 0 Å². The Morgan fingerprint density at radius 1 is 0.927 bits per heavy atom. The van der Waals surface area contributed by atoms with Gasteiger partial charge in [0.2, 0.25) is 5.95 Å². The number of hydrogen-bond acceptors (Lipinski definition) is 9. The molecule has 2 heterocycles. The van der Waals surface area contributed by atoms with Gasteiger partial charge in [-0.2, -0.15) is 5.26 Å². The van der Waals surface area contributed by atoms with Crippen LogP contribution < -0.4 is 4.74 Å². The van der Waals surface area contributed by atoms with E-state index in [0.29, 0.717) is 26.9 Å². The first kappa shape index (κ1) is 29.6. The van der Waals surface area contributed by atoms with Gasteiger partial charge in [0, 0.05) is 23.0 Å². The van der Waals surface area contributed by atoms with Crippen LogP contribution in [0.3, 0.4) is 0 Å². The molecular weight excluding hydrogens is 570 g/mol. The molecule has 10 nitrogen and oxygen atoms in total. The Hall–Kier alpha value is -4.42. The lowest BCUT2D eigenvalue weighted by atomic mass is 10.1. The maximum atomic E-state index is 12.2. The number of nitrogens with zero attached hydrogens (tertiary/aromatic N) is 3. The van der Waals surface area contributed by atoms with Gasteiger partial charge >= 0.3 is 11.9 Å². The molecule has 0 bridgehead atoms. The summed E-state index contributed by atoms with van der Waals surface area (Å²) in [6, 6.07) is 18.8. The van der Waals surface area contributed by atoms with Crippen molar-refractivity contribution in [1.29, 1.82) is 0 Å². The number of fused-ring (bicyclic) bond motifs is 1. The smallest absolute Gasteiger partial charge is 0.372 e. The van der Waals surface area contributed by atoms with Gasteiger partial charge in [0.05, 0.1) is 42.4 Å². The minimum Gasteiger partial charge on any atom is -0.612 e. The summed E-state index contributed by atoms with van der Waals surface area (Å²) in [5, 5.41) is 9.18. The van der Waals surface area contributed by atoms with E-state index >= 15 is 0 Å². The molecule has 0 radical (unpaired) electrons. The summed E-state index contributed by atoms with van der Waals surface area (Å²) >= 11 is 4.34. The largest absolute Gasteiger partial charge is 0.612 e. The SMILES string of the molecule is COC(=O)c1ccc2c([S+](C)[O-])cn(-c3ncc(-c4cccc(OC)c4)cn3)c2c1.O=C(OO)c1cccc(Cl)c1. The average molecular weight is 594 g/mol. The Labute approximate surface area is 243 Å². The highest BCUT2D eigenvalue weighted by atomic mass is 35.5. The molecule has 12 heteroatoms. The van der Waals surface area contributed by atoms with Crippen LogP contribution in [0.1, 0.15) is 20.7 Å². The molecule has 2 aromatic heterocycles. The molecule has 210 valence electrons. The predicted molar refractivity (Wildman–Crippen MR) is 154 cm³/mol. The molecule has 0 saturated heterocycles. The van der Waals surface area contributed by atoms with Gasteiger partial charge in [-0.25, -0.2) is 19.6 Å². The van der Waals surface area contributed by atoms with Gasteiger partial charge < -0.3 is 14.0 Å². The van der Waals surface area contributed by atoms with E-state index in [-0.39, 0.29) is 5.56 Å². The fourth-order valence-corrected chi connectivity index (χ4v) is 4.83. The summed E-state index contributed by atoms with van der Waals surface area (Å²) in [5.74, 6) is -0.102. The third-order valence-corrected chi connectivity index (χ3v) is 7.08. The molecule has 0 fully saturated rings. The first-order valence-corrected chi connectivity index (χ1v) is 13.8. The van der Waals surface area contributed by atoms with E-state index in [4.69, 9.17) is 26.3 Å². The molecule has 3 aromatic carbocycles. The van der Waals surface area contributed by atoms with Crippen molar-refractivity contribution in [2.24, 2.45) is 0 Å². The fraction of sp³-hybridized carbons (Fsp3) is 0.103. The highest BCUT2D eigenvalue weighted by Gasteiger charge is 2.20. The van der Waals surface area contributed by atoms with Gasteiger partial charge in [-0.15, -0.1) is 0 Å². The minimum absolute atomic E-state index is 0.222. The number of ether oxygens (including phenoxy) is 2. The lowest BCUT2D eigenvalue weighted by Crippen LogP contribution is -2.03. The van der Waals surface area contributed by atoms with E-state index in [1.54, 1.807) is 66.9 Å². The van der Waals surface area contributed by atoms with Gasteiger partial charge in [-0.05, 0) is 65.3 Å². The Morgan fingerprint density at radius 3 is 2.27 bits per heavy atom. The standard InChI is InChI=1S/C22H19N3O4S.C7H5ClO3/c1-28-17-6-4-5-14(9-17)16-11-23-22(24-12-16)25-13-20(30(3)27)18-8-7-15(10-19(18)25)21(26)29-2;8-6-3-1-2-5(4-6)7(9)11-10/h4-13H,1-3H3;1-4,10H. The summed E-state index contributed by atoms with van der Waals surface area (Å²) in [6.45, 7) is 0. The topological polar surface area (TPSA) is 136 Å². The lowest BCUT2D eigenvalue weighted by Gasteiger charge is -2.07. The number of carbonyl (C=O) groups excluding carboxylic acids is 2. The summed E-state index contributed by atoms with van der Waals surface area (Å²) in [7, 11) is 2.95. The molecular formula is C29H24ClN3O7S. The molecule has 0 aliphatic heterocycles. The first-order valence-electron chi connectivity index (χ1n) is 11.9. The van der Waals surface area contributed by atoms with Crippen LogP contribution in [0.15, 0.2) is 90.2 Å². The normalized spacial score (nSPS) is 11.3. The van der Waals surface area contributed by atoms with Gasteiger partial charge in [-0.3, -0.25) is 9.45 Å². The Kier molecular flexibility index (Phi) is 9.58. The van der Waals surface area contributed by atoms with Crippen molar-refractivity contribution in [2.75, 3.05) is 20.5 Å².